The lowest BCUT2D eigenvalue weighted by Crippen LogP contribution is -2.43. The van der Waals surface area contributed by atoms with Crippen LogP contribution in [0, 0.1) is 0 Å². The molecule has 1 amide bonds. The van der Waals surface area contributed by atoms with E-state index < -0.39 is 11.7 Å². The van der Waals surface area contributed by atoms with Gasteiger partial charge in [-0.25, -0.2) is 4.98 Å². The summed E-state index contributed by atoms with van der Waals surface area (Å²) in [7, 11) is 1.55. The summed E-state index contributed by atoms with van der Waals surface area (Å²) in [6, 6.07) is 12.1. The number of hydrogen-bond donors (Lipinski definition) is 0. The van der Waals surface area contributed by atoms with Crippen LogP contribution in [0.4, 0.5) is 13.2 Å². The van der Waals surface area contributed by atoms with Crippen LogP contribution >= 0.6 is 0 Å². The summed E-state index contributed by atoms with van der Waals surface area (Å²) < 4.78 is 51.3. The van der Waals surface area contributed by atoms with Crippen LogP contribution in [0.15, 0.2) is 60.9 Å². The lowest BCUT2D eigenvalue weighted by molar-refractivity contribution is -0.137. The van der Waals surface area contributed by atoms with E-state index in [1.165, 1.54) is 12.1 Å². The van der Waals surface area contributed by atoms with Gasteiger partial charge in [-0.3, -0.25) is 9.69 Å². The standard InChI is InChI=1S/C26H29F3N4O3/c1-35-23-4-2-3-21(17-23)25(34)33(12-11-31-13-15-36-16-14-31)19-24-30-9-10-32(24)18-20-5-7-22(8-6-20)26(27,28)29/h2-10,17H,11-16,18-19H2,1H3. The van der Waals surface area contributed by atoms with Crippen molar-refractivity contribution in [1.82, 2.24) is 19.4 Å². The number of carbonyl (C=O) groups excluding carboxylic acids is 1. The smallest absolute Gasteiger partial charge is 0.416 e. The molecule has 2 heterocycles. The number of halogens is 3. The summed E-state index contributed by atoms with van der Waals surface area (Å²) in [6.07, 6.45) is -0.973. The van der Waals surface area contributed by atoms with E-state index in [-0.39, 0.29) is 12.5 Å². The summed E-state index contributed by atoms with van der Waals surface area (Å²) in [6.45, 7) is 4.74. The Kier molecular flexibility index (Phi) is 8.27. The lowest BCUT2D eigenvalue weighted by atomic mass is 10.1. The van der Waals surface area contributed by atoms with Crippen molar-refractivity contribution in [2.45, 2.75) is 19.3 Å². The third-order valence-electron chi connectivity index (χ3n) is 6.16. The van der Waals surface area contributed by atoms with Crippen molar-refractivity contribution in [3.63, 3.8) is 0 Å². The van der Waals surface area contributed by atoms with Gasteiger partial charge in [0.2, 0.25) is 0 Å². The Labute approximate surface area is 208 Å². The Morgan fingerprint density at radius 3 is 2.58 bits per heavy atom. The van der Waals surface area contributed by atoms with E-state index in [2.05, 4.69) is 9.88 Å². The highest BCUT2D eigenvalue weighted by atomic mass is 19.4. The van der Waals surface area contributed by atoms with E-state index in [0.29, 0.717) is 55.5 Å². The highest BCUT2D eigenvalue weighted by Gasteiger charge is 2.30. The van der Waals surface area contributed by atoms with E-state index in [1.54, 1.807) is 48.7 Å². The summed E-state index contributed by atoms with van der Waals surface area (Å²) in [5, 5.41) is 0. The van der Waals surface area contributed by atoms with Crippen molar-refractivity contribution in [1.29, 1.82) is 0 Å². The molecule has 1 aliphatic rings. The number of benzene rings is 2. The molecule has 0 N–H and O–H groups in total. The number of nitrogens with zero attached hydrogens (tertiary/aromatic N) is 4. The molecule has 0 saturated carbocycles. The molecule has 2 aromatic carbocycles. The first-order valence-electron chi connectivity index (χ1n) is 11.7. The molecule has 1 fully saturated rings. The number of methoxy groups -OCH3 is 1. The zero-order valence-electron chi connectivity index (χ0n) is 20.1. The zero-order chi connectivity index (χ0) is 25.5. The van der Waals surface area contributed by atoms with Crippen LogP contribution in [0.2, 0.25) is 0 Å². The van der Waals surface area contributed by atoms with Crippen LogP contribution in [0.3, 0.4) is 0 Å². The van der Waals surface area contributed by atoms with Crippen molar-refractivity contribution >= 4 is 5.91 Å². The fourth-order valence-corrected chi connectivity index (χ4v) is 4.08. The van der Waals surface area contributed by atoms with Gasteiger partial charge in [-0.05, 0) is 35.9 Å². The molecule has 1 saturated heterocycles. The molecule has 0 atom stereocenters. The maximum absolute atomic E-state index is 13.5. The molecule has 4 rings (SSSR count). The number of imidazole rings is 1. The van der Waals surface area contributed by atoms with Gasteiger partial charge in [0.1, 0.15) is 11.6 Å². The predicted octanol–water partition coefficient (Wildman–Crippen LogP) is 3.93. The third kappa shape index (κ3) is 6.64. The maximum atomic E-state index is 13.5. The largest absolute Gasteiger partial charge is 0.497 e. The third-order valence-corrected chi connectivity index (χ3v) is 6.16. The second-order valence-electron chi connectivity index (χ2n) is 8.58. The number of hydrogen-bond acceptors (Lipinski definition) is 5. The molecule has 7 nitrogen and oxygen atoms in total. The minimum absolute atomic E-state index is 0.147. The molecule has 192 valence electrons. The molecule has 0 aliphatic carbocycles. The molecule has 1 aromatic heterocycles. The Morgan fingerprint density at radius 1 is 1.14 bits per heavy atom. The van der Waals surface area contributed by atoms with Gasteiger partial charge in [0.15, 0.2) is 0 Å². The first-order valence-corrected chi connectivity index (χ1v) is 11.7. The van der Waals surface area contributed by atoms with E-state index in [4.69, 9.17) is 9.47 Å². The number of rotatable bonds is 9. The highest BCUT2D eigenvalue weighted by Crippen LogP contribution is 2.29. The number of ether oxygens (including phenoxy) is 2. The van der Waals surface area contributed by atoms with Crippen molar-refractivity contribution in [2.75, 3.05) is 46.5 Å². The first kappa shape index (κ1) is 25.7. The monoisotopic (exact) mass is 502 g/mol. The fraction of sp³-hybridized carbons (Fsp3) is 0.385. The van der Waals surface area contributed by atoms with Gasteiger partial charge in [0, 0.05) is 50.7 Å². The van der Waals surface area contributed by atoms with Crippen LogP contribution in [0.1, 0.15) is 27.3 Å². The average molecular weight is 503 g/mol. The predicted molar refractivity (Wildman–Crippen MR) is 128 cm³/mol. The zero-order valence-corrected chi connectivity index (χ0v) is 20.1. The van der Waals surface area contributed by atoms with E-state index >= 15 is 0 Å². The van der Waals surface area contributed by atoms with Gasteiger partial charge in [-0.1, -0.05) is 18.2 Å². The van der Waals surface area contributed by atoms with E-state index in [0.717, 1.165) is 25.2 Å². The summed E-state index contributed by atoms with van der Waals surface area (Å²) in [4.78, 5) is 21.9. The summed E-state index contributed by atoms with van der Waals surface area (Å²) in [5.74, 6) is 1.09. The first-order chi connectivity index (χ1) is 17.3. The number of aromatic nitrogens is 2. The van der Waals surface area contributed by atoms with Crippen LogP contribution in [-0.4, -0.2) is 71.8 Å². The number of carbonyl (C=O) groups is 1. The lowest BCUT2D eigenvalue weighted by Gasteiger charge is -2.30. The number of amides is 1. The SMILES string of the molecule is COc1cccc(C(=O)N(CCN2CCOCC2)Cc2nccn2Cc2ccc(C(F)(F)F)cc2)c1. The Hall–Kier alpha value is -3.37. The van der Waals surface area contributed by atoms with Gasteiger partial charge in [0.05, 0.1) is 32.4 Å². The second kappa shape index (κ2) is 11.6. The highest BCUT2D eigenvalue weighted by molar-refractivity contribution is 5.94. The number of morpholine rings is 1. The molecule has 1 aliphatic heterocycles. The Morgan fingerprint density at radius 2 is 1.89 bits per heavy atom. The fourth-order valence-electron chi connectivity index (χ4n) is 4.08. The van der Waals surface area contributed by atoms with Crippen molar-refractivity contribution in [3.05, 3.63) is 83.4 Å². The summed E-state index contributed by atoms with van der Waals surface area (Å²) >= 11 is 0. The molecule has 3 aromatic rings. The molecule has 36 heavy (non-hydrogen) atoms. The maximum Gasteiger partial charge on any atom is 0.416 e. The Balaban J connectivity index is 1.51. The van der Waals surface area contributed by atoms with Gasteiger partial charge in [-0.15, -0.1) is 0 Å². The van der Waals surface area contributed by atoms with E-state index in [9.17, 15) is 18.0 Å². The Bertz CT molecular complexity index is 1140. The number of alkyl halides is 3. The van der Waals surface area contributed by atoms with Gasteiger partial charge < -0.3 is 18.9 Å². The minimum atomic E-state index is -4.37. The van der Waals surface area contributed by atoms with Crippen LogP contribution < -0.4 is 4.74 Å². The molecule has 0 unspecified atom stereocenters. The minimum Gasteiger partial charge on any atom is -0.497 e. The van der Waals surface area contributed by atoms with E-state index in [1.807, 2.05) is 4.57 Å². The molecule has 0 radical (unpaired) electrons. The van der Waals surface area contributed by atoms with Crippen molar-refractivity contribution < 1.29 is 27.4 Å². The molecule has 10 heteroatoms. The normalized spacial score (nSPS) is 14.6. The molecular weight excluding hydrogens is 473 g/mol. The van der Waals surface area contributed by atoms with Crippen LogP contribution in [0.5, 0.6) is 5.75 Å². The van der Waals surface area contributed by atoms with Crippen LogP contribution in [-0.2, 0) is 24.0 Å². The second-order valence-corrected chi connectivity index (χ2v) is 8.58. The van der Waals surface area contributed by atoms with Crippen molar-refractivity contribution in [2.24, 2.45) is 0 Å². The summed E-state index contributed by atoms with van der Waals surface area (Å²) in [5.41, 5.74) is 0.536. The molecule has 0 spiro atoms. The van der Waals surface area contributed by atoms with Gasteiger partial charge >= 0.3 is 6.18 Å². The van der Waals surface area contributed by atoms with Gasteiger partial charge in [0.25, 0.3) is 5.91 Å². The van der Waals surface area contributed by atoms with Crippen LogP contribution in [0.25, 0.3) is 0 Å². The molecule has 0 bridgehead atoms. The van der Waals surface area contributed by atoms with Crippen molar-refractivity contribution in [3.8, 4) is 5.75 Å². The quantitative estimate of drug-likeness (QED) is 0.444. The topological polar surface area (TPSA) is 59.8 Å². The molecular formula is C26H29F3N4O3. The average Bonchev–Trinajstić information content (AvgIpc) is 3.32. The van der Waals surface area contributed by atoms with Gasteiger partial charge in [-0.2, -0.15) is 13.2 Å².